The van der Waals surface area contributed by atoms with E-state index in [0.29, 0.717) is 13.1 Å². The van der Waals surface area contributed by atoms with Crippen molar-refractivity contribution in [2.24, 2.45) is 0 Å². The molecule has 0 radical (unpaired) electrons. The van der Waals surface area contributed by atoms with E-state index in [9.17, 15) is 9.90 Å². The predicted octanol–water partition coefficient (Wildman–Crippen LogP) is 6.51. The van der Waals surface area contributed by atoms with Crippen LogP contribution in [0.4, 0.5) is 4.79 Å². The smallest absolute Gasteiger partial charge is 0.315 e. The van der Waals surface area contributed by atoms with Crippen LogP contribution < -0.4 is 10.6 Å². The number of hydrogen-bond donors (Lipinski definition) is 3. The molecule has 7 nitrogen and oxygen atoms in total. The Morgan fingerprint density at radius 1 is 0.841 bits per heavy atom. The van der Waals surface area contributed by atoms with Crippen LogP contribution in [0.5, 0.6) is 0 Å². The summed E-state index contributed by atoms with van der Waals surface area (Å²) < 4.78 is 13.0. The second-order valence-electron chi connectivity index (χ2n) is 11.2. The summed E-state index contributed by atoms with van der Waals surface area (Å²) in [5.74, 6) is 0. The lowest BCUT2D eigenvalue weighted by Gasteiger charge is -2.37. The zero-order valence-electron chi connectivity index (χ0n) is 25.2. The predicted molar refractivity (Wildman–Crippen MR) is 174 cm³/mol. The van der Waals surface area contributed by atoms with Crippen LogP contribution in [-0.4, -0.2) is 42.3 Å². The van der Waals surface area contributed by atoms with Gasteiger partial charge in [-0.2, -0.15) is 0 Å². The first-order chi connectivity index (χ1) is 21.5. The van der Waals surface area contributed by atoms with Crippen LogP contribution in [0, 0.1) is 0 Å². The van der Waals surface area contributed by atoms with E-state index >= 15 is 0 Å². The molecule has 4 aromatic carbocycles. The van der Waals surface area contributed by atoms with Gasteiger partial charge in [0.2, 0.25) is 0 Å². The molecule has 0 aromatic heterocycles. The van der Waals surface area contributed by atoms with Gasteiger partial charge in [-0.15, -0.1) is 6.58 Å². The van der Waals surface area contributed by atoms with Gasteiger partial charge in [0.1, 0.15) is 0 Å². The molecule has 0 bridgehead atoms. The van der Waals surface area contributed by atoms with Crippen molar-refractivity contribution >= 4 is 6.03 Å². The number of rotatable bonds is 12. The molecule has 2 amide bonds. The first-order valence-corrected chi connectivity index (χ1v) is 15.1. The van der Waals surface area contributed by atoms with Crippen LogP contribution in [0.15, 0.2) is 116 Å². The lowest BCUT2D eigenvalue weighted by molar-refractivity contribution is -0.252. The van der Waals surface area contributed by atoms with Crippen molar-refractivity contribution in [3.63, 3.8) is 0 Å². The molecule has 4 aromatic rings. The molecule has 0 unspecified atom stereocenters. The average Bonchev–Trinajstić information content (AvgIpc) is 3.07. The van der Waals surface area contributed by atoms with E-state index in [2.05, 4.69) is 65.6 Å². The number of nitrogens with one attached hydrogen (secondary N) is 2. The summed E-state index contributed by atoms with van der Waals surface area (Å²) in [5.41, 5.74) is 7.11. The van der Waals surface area contributed by atoms with Gasteiger partial charge in [0, 0.05) is 38.2 Å². The van der Waals surface area contributed by atoms with Gasteiger partial charge in [0.05, 0.1) is 18.8 Å². The molecular formula is C37H41N3O4. The molecule has 1 aliphatic rings. The van der Waals surface area contributed by atoms with E-state index < -0.39 is 6.29 Å². The van der Waals surface area contributed by atoms with E-state index in [0.717, 1.165) is 58.5 Å². The summed E-state index contributed by atoms with van der Waals surface area (Å²) in [6.07, 6.45) is 1.98. The Kier molecular flexibility index (Phi) is 10.9. The van der Waals surface area contributed by atoms with Crippen molar-refractivity contribution < 1.29 is 19.4 Å². The highest BCUT2D eigenvalue weighted by molar-refractivity contribution is 5.74. The molecule has 0 aliphatic carbocycles. The lowest BCUT2D eigenvalue weighted by atomic mass is 9.99. The quantitative estimate of drug-likeness (QED) is 0.164. The summed E-state index contributed by atoms with van der Waals surface area (Å²) in [4.78, 5) is 14.5. The third kappa shape index (κ3) is 8.65. The van der Waals surface area contributed by atoms with Gasteiger partial charge in [-0.25, -0.2) is 4.79 Å². The van der Waals surface area contributed by atoms with Gasteiger partial charge in [-0.05, 0) is 46.5 Å². The number of nitrogens with zero attached hydrogens (tertiary/aromatic N) is 1. The second kappa shape index (κ2) is 15.5. The van der Waals surface area contributed by atoms with Crippen LogP contribution in [-0.2, 0) is 29.2 Å². The summed E-state index contributed by atoms with van der Waals surface area (Å²) in [5, 5.41) is 15.3. The third-order valence-electron chi connectivity index (χ3n) is 7.76. The van der Waals surface area contributed by atoms with Gasteiger partial charge in [-0.1, -0.05) is 103 Å². The van der Waals surface area contributed by atoms with Crippen molar-refractivity contribution in [3.8, 4) is 11.1 Å². The van der Waals surface area contributed by atoms with Gasteiger partial charge in [0.15, 0.2) is 6.29 Å². The maximum atomic E-state index is 12.3. The van der Waals surface area contributed by atoms with Crippen LogP contribution in [0.25, 0.3) is 11.1 Å². The van der Waals surface area contributed by atoms with Crippen LogP contribution >= 0.6 is 0 Å². The van der Waals surface area contributed by atoms with Gasteiger partial charge in [-0.3, -0.25) is 0 Å². The van der Waals surface area contributed by atoms with Crippen LogP contribution in [0.2, 0.25) is 0 Å². The van der Waals surface area contributed by atoms with E-state index in [4.69, 9.17) is 9.47 Å². The summed E-state index contributed by atoms with van der Waals surface area (Å²) in [6.45, 7) is 6.33. The minimum atomic E-state index is -0.507. The zero-order chi connectivity index (χ0) is 30.7. The normalized spacial score (nSPS) is 18.1. The maximum absolute atomic E-state index is 12.3. The Morgan fingerprint density at radius 2 is 1.52 bits per heavy atom. The molecule has 0 spiro atoms. The molecule has 228 valence electrons. The van der Waals surface area contributed by atoms with Crippen molar-refractivity contribution in [1.82, 2.24) is 15.5 Å². The standard InChI is InChI=1S/C37H41N3O4/c1-3-20-40(2)25-34-22-35(31-14-12-28(26-41)13-15-31)44-36(43-34)32-18-16-30(17-19-32)33-11-7-10-29(21-33)24-39-37(42)38-23-27-8-5-4-6-9-27/h3-19,21,34-36,41H,1,20,22-26H2,2H3,(H2,38,39,42)/t34-,35+,36+/m0/s1. The zero-order valence-corrected chi connectivity index (χ0v) is 25.2. The Hall–Kier alpha value is -4.27. The molecule has 0 saturated carbocycles. The summed E-state index contributed by atoms with van der Waals surface area (Å²) in [6, 6.07) is 34.0. The van der Waals surface area contributed by atoms with E-state index in [1.165, 1.54) is 0 Å². The number of carbonyl (C=O) groups is 1. The molecule has 3 atom stereocenters. The summed E-state index contributed by atoms with van der Waals surface area (Å²) in [7, 11) is 2.07. The molecule has 1 aliphatic heterocycles. The fraction of sp³-hybridized carbons (Fsp3) is 0.270. The minimum absolute atomic E-state index is 0.0162. The van der Waals surface area contributed by atoms with Crippen molar-refractivity contribution in [1.29, 1.82) is 0 Å². The van der Waals surface area contributed by atoms with Crippen molar-refractivity contribution in [3.05, 3.63) is 144 Å². The van der Waals surface area contributed by atoms with Crippen molar-refractivity contribution in [2.45, 2.75) is 44.6 Å². The highest BCUT2D eigenvalue weighted by Crippen LogP contribution is 2.38. The number of urea groups is 1. The fourth-order valence-corrected chi connectivity index (χ4v) is 5.39. The van der Waals surface area contributed by atoms with E-state index in [1.807, 2.05) is 72.8 Å². The molecule has 3 N–H and O–H groups in total. The number of likely N-dealkylation sites (N-methyl/N-ethyl adjacent to an activating group) is 1. The molecule has 1 saturated heterocycles. The monoisotopic (exact) mass is 591 g/mol. The SMILES string of the molecule is C=CCN(C)C[C@@H]1C[C@H](c2ccc(CO)cc2)O[C@H](c2ccc(-c3cccc(CNC(=O)NCc4ccccc4)c3)cc2)O1. The number of carbonyl (C=O) groups excluding carboxylic acids is 1. The highest BCUT2D eigenvalue weighted by atomic mass is 16.7. The number of aliphatic hydroxyl groups excluding tert-OH is 1. The molecule has 1 heterocycles. The van der Waals surface area contributed by atoms with E-state index in [1.54, 1.807) is 0 Å². The molecule has 1 fully saturated rings. The molecular weight excluding hydrogens is 550 g/mol. The maximum Gasteiger partial charge on any atom is 0.315 e. The van der Waals surface area contributed by atoms with Crippen LogP contribution in [0.1, 0.15) is 46.6 Å². The van der Waals surface area contributed by atoms with Gasteiger partial charge >= 0.3 is 6.03 Å². The number of ether oxygens (including phenoxy) is 2. The fourth-order valence-electron chi connectivity index (χ4n) is 5.39. The molecule has 44 heavy (non-hydrogen) atoms. The Balaban J connectivity index is 1.24. The largest absolute Gasteiger partial charge is 0.392 e. The Bertz CT molecular complexity index is 1490. The topological polar surface area (TPSA) is 83.1 Å². The second-order valence-corrected chi connectivity index (χ2v) is 11.2. The number of amides is 2. The number of aliphatic hydroxyl groups is 1. The van der Waals surface area contributed by atoms with Gasteiger partial charge < -0.3 is 30.1 Å². The Morgan fingerprint density at radius 3 is 2.23 bits per heavy atom. The molecule has 7 heteroatoms. The number of benzene rings is 4. The van der Waals surface area contributed by atoms with Crippen LogP contribution in [0.3, 0.4) is 0 Å². The highest BCUT2D eigenvalue weighted by Gasteiger charge is 2.32. The lowest BCUT2D eigenvalue weighted by Crippen LogP contribution is -2.37. The van der Waals surface area contributed by atoms with Crippen molar-refractivity contribution in [2.75, 3.05) is 20.1 Å². The van der Waals surface area contributed by atoms with E-state index in [-0.39, 0.29) is 24.8 Å². The number of hydrogen-bond acceptors (Lipinski definition) is 5. The third-order valence-corrected chi connectivity index (χ3v) is 7.76. The molecule has 5 rings (SSSR count). The summed E-state index contributed by atoms with van der Waals surface area (Å²) >= 11 is 0. The average molecular weight is 592 g/mol. The first kappa shape index (κ1) is 31.2. The Labute approximate surface area is 260 Å². The first-order valence-electron chi connectivity index (χ1n) is 15.1. The minimum Gasteiger partial charge on any atom is -0.392 e. The van der Waals surface area contributed by atoms with Gasteiger partial charge in [0.25, 0.3) is 0 Å².